The molecule has 0 fully saturated rings. The number of aromatic nitrogens is 1. The molecule has 1 aromatic carbocycles. The number of fused-ring (bicyclic) bond motifs is 1. The van der Waals surface area contributed by atoms with Gasteiger partial charge in [0.1, 0.15) is 0 Å². The third-order valence-corrected chi connectivity index (χ3v) is 3.30. The van der Waals surface area contributed by atoms with Crippen molar-refractivity contribution in [3.8, 4) is 0 Å². The Bertz CT molecular complexity index is 517. The fourth-order valence-electron chi connectivity index (χ4n) is 2.23. The largest absolute Gasteiger partial charge is 0.385 e. The molecule has 1 heterocycles. The maximum absolute atomic E-state index is 10.6. The normalized spacial score (nSPS) is 14.6. The first kappa shape index (κ1) is 13.0. The van der Waals surface area contributed by atoms with Crippen LogP contribution in [0.1, 0.15) is 25.8 Å². The van der Waals surface area contributed by atoms with Gasteiger partial charge in [0.2, 0.25) is 0 Å². The van der Waals surface area contributed by atoms with Crippen molar-refractivity contribution in [3.05, 3.63) is 42.2 Å². The van der Waals surface area contributed by atoms with Crippen molar-refractivity contribution >= 4 is 10.8 Å². The van der Waals surface area contributed by atoms with Gasteiger partial charge in [0.15, 0.2) is 0 Å². The van der Waals surface area contributed by atoms with E-state index in [1.807, 2.05) is 37.4 Å². The van der Waals surface area contributed by atoms with Crippen molar-refractivity contribution in [2.75, 3.05) is 13.1 Å². The van der Waals surface area contributed by atoms with Gasteiger partial charge in [-0.1, -0.05) is 25.1 Å². The maximum Gasteiger partial charge on any atom is 0.0887 e. The van der Waals surface area contributed by atoms with E-state index in [2.05, 4.69) is 17.2 Å². The van der Waals surface area contributed by atoms with Gasteiger partial charge in [0, 0.05) is 17.8 Å². The molecular formula is C15H20N2O. The molecule has 0 amide bonds. The number of pyridine rings is 1. The molecule has 1 atom stereocenters. The molecule has 0 radical (unpaired) electrons. The van der Waals surface area contributed by atoms with E-state index in [0.29, 0.717) is 6.42 Å². The highest BCUT2D eigenvalue weighted by atomic mass is 16.3. The second kappa shape index (κ2) is 5.46. The summed E-state index contributed by atoms with van der Waals surface area (Å²) in [7, 11) is 0. The van der Waals surface area contributed by atoms with Gasteiger partial charge in [0.25, 0.3) is 0 Å². The molecule has 18 heavy (non-hydrogen) atoms. The number of benzene rings is 1. The highest BCUT2D eigenvalue weighted by molar-refractivity contribution is 5.85. The molecule has 0 aliphatic heterocycles. The van der Waals surface area contributed by atoms with E-state index in [4.69, 9.17) is 0 Å². The highest BCUT2D eigenvalue weighted by Gasteiger charge is 2.24. The lowest BCUT2D eigenvalue weighted by atomic mass is 9.89. The Morgan fingerprint density at radius 3 is 2.94 bits per heavy atom. The lowest BCUT2D eigenvalue weighted by molar-refractivity contribution is 0.0497. The summed E-state index contributed by atoms with van der Waals surface area (Å²) in [5, 5.41) is 16.0. The minimum Gasteiger partial charge on any atom is -0.385 e. The smallest absolute Gasteiger partial charge is 0.0887 e. The Morgan fingerprint density at radius 2 is 2.17 bits per heavy atom. The standard InChI is InChI=1S/C15H20N2O/c1-3-16-10-8-15(2,18)14-6-4-5-12-7-9-17-11-13(12)14/h4-7,9,11,16,18H,3,8,10H2,1-2H3. The summed E-state index contributed by atoms with van der Waals surface area (Å²) in [5.41, 5.74) is 0.121. The molecule has 3 nitrogen and oxygen atoms in total. The number of rotatable bonds is 5. The predicted molar refractivity (Wildman–Crippen MR) is 74.5 cm³/mol. The number of aliphatic hydroxyl groups is 1. The van der Waals surface area contributed by atoms with E-state index in [1.165, 1.54) is 0 Å². The number of hydrogen-bond donors (Lipinski definition) is 2. The van der Waals surface area contributed by atoms with Crippen LogP contribution in [0.3, 0.4) is 0 Å². The zero-order valence-electron chi connectivity index (χ0n) is 11.0. The Balaban J connectivity index is 2.34. The van der Waals surface area contributed by atoms with Crippen LogP contribution in [-0.2, 0) is 5.60 Å². The van der Waals surface area contributed by atoms with Gasteiger partial charge in [-0.25, -0.2) is 0 Å². The second-order valence-corrected chi connectivity index (χ2v) is 4.78. The molecule has 2 rings (SSSR count). The predicted octanol–water partition coefficient (Wildman–Crippen LogP) is 2.44. The van der Waals surface area contributed by atoms with Crippen LogP contribution in [0.5, 0.6) is 0 Å². The second-order valence-electron chi connectivity index (χ2n) is 4.78. The first-order valence-corrected chi connectivity index (χ1v) is 6.41. The van der Waals surface area contributed by atoms with Gasteiger partial charge in [-0.15, -0.1) is 0 Å². The van der Waals surface area contributed by atoms with Crippen LogP contribution in [-0.4, -0.2) is 23.2 Å². The Kier molecular flexibility index (Phi) is 3.94. The Morgan fingerprint density at radius 1 is 1.33 bits per heavy atom. The molecule has 0 spiro atoms. The summed E-state index contributed by atoms with van der Waals surface area (Å²) in [5.74, 6) is 0. The number of hydrogen-bond acceptors (Lipinski definition) is 3. The summed E-state index contributed by atoms with van der Waals surface area (Å²) in [6.45, 7) is 5.66. The molecule has 0 bridgehead atoms. The van der Waals surface area contributed by atoms with Crippen LogP contribution in [0.2, 0.25) is 0 Å². The fourth-order valence-corrected chi connectivity index (χ4v) is 2.23. The van der Waals surface area contributed by atoms with Crippen LogP contribution >= 0.6 is 0 Å². The van der Waals surface area contributed by atoms with E-state index in [-0.39, 0.29) is 0 Å². The lowest BCUT2D eigenvalue weighted by Gasteiger charge is -2.25. The average Bonchev–Trinajstić information content (AvgIpc) is 2.38. The van der Waals surface area contributed by atoms with Crippen molar-refractivity contribution in [1.29, 1.82) is 0 Å². The van der Waals surface area contributed by atoms with Crippen LogP contribution in [0.25, 0.3) is 10.8 Å². The maximum atomic E-state index is 10.6. The van der Waals surface area contributed by atoms with Crippen molar-refractivity contribution in [2.24, 2.45) is 0 Å². The molecule has 0 aliphatic carbocycles. The third-order valence-electron chi connectivity index (χ3n) is 3.30. The molecule has 3 heteroatoms. The lowest BCUT2D eigenvalue weighted by Crippen LogP contribution is -2.28. The highest BCUT2D eigenvalue weighted by Crippen LogP contribution is 2.30. The van der Waals surface area contributed by atoms with Crippen molar-refractivity contribution < 1.29 is 5.11 Å². The third kappa shape index (κ3) is 2.68. The minimum atomic E-state index is -0.829. The zero-order chi connectivity index (χ0) is 13.0. The van der Waals surface area contributed by atoms with Gasteiger partial charge in [-0.05, 0) is 43.5 Å². The number of nitrogens with zero attached hydrogens (tertiary/aromatic N) is 1. The Labute approximate surface area is 108 Å². The molecule has 96 valence electrons. The monoisotopic (exact) mass is 244 g/mol. The zero-order valence-corrected chi connectivity index (χ0v) is 11.0. The fraction of sp³-hybridized carbons (Fsp3) is 0.400. The Hall–Kier alpha value is -1.45. The van der Waals surface area contributed by atoms with Crippen LogP contribution in [0.15, 0.2) is 36.7 Å². The average molecular weight is 244 g/mol. The van der Waals surface area contributed by atoms with Gasteiger partial charge in [0.05, 0.1) is 5.60 Å². The van der Waals surface area contributed by atoms with Crippen LogP contribution in [0.4, 0.5) is 0 Å². The van der Waals surface area contributed by atoms with Crippen LogP contribution < -0.4 is 5.32 Å². The van der Waals surface area contributed by atoms with E-state index in [1.54, 1.807) is 6.20 Å². The van der Waals surface area contributed by atoms with Crippen molar-refractivity contribution in [3.63, 3.8) is 0 Å². The van der Waals surface area contributed by atoms with E-state index >= 15 is 0 Å². The minimum absolute atomic E-state index is 0.689. The summed E-state index contributed by atoms with van der Waals surface area (Å²) >= 11 is 0. The van der Waals surface area contributed by atoms with E-state index < -0.39 is 5.60 Å². The quantitative estimate of drug-likeness (QED) is 0.794. The topological polar surface area (TPSA) is 45.1 Å². The van der Waals surface area contributed by atoms with Crippen LogP contribution in [0, 0.1) is 0 Å². The first-order chi connectivity index (χ1) is 8.65. The summed E-state index contributed by atoms with van der Waals surface area (Å²) in [6.07, 6.45) is 4.29. The first-order valence-electron chi connectivity index (χ1n) is 6.41. The SMILES string of the molecule is CCNCCC(C)(O)c1cccc2ccncc12. The van der Waals surface area contributed by atoms with Gasteiger partial charge in [-0.3, -0.25) is 4.98 Å². The molecule has 2 aromatic rings. The summed E-state index contributed by atoms with van der Waals surface area (Å²) < 4.78 is 0. The van der Waals surface area contributed by atoms with Gasteiger partial charge < -0.3 is 10.4 Å². The molecule has 1 aromatic heterocycles. The summed E-state index contributed by atoms with van der Waals surface area (Å²) in [6, 6.07) is 7.98. The summed E-state index contributed by atoms with van der Waals surface area (Å²) in [4.78, 5) is 4.16. The molecular weight excluding hydrogens is 224 g/mol. The molecule has 2 N–H and O–H groups in total. The van der Waals surface area contributed by atoms with Gasteiger partial charge in [-0.2, -0.15) is 0 Å². The van der Waals surface area contributed by atoms with E-state index in [0.717, 1.165) is 29.4 Å². The van der Waals surface area contributed by atoms with Crippen molar-refractivity contribution in [2.45, 2.75) is 25.9 Å². The van der Waals surface area contributed by atoms with E-state index in [9.17, 15) is 5.11 Å². The molecule has 1 unspecified atom stereocenters. The molecule has 0 saturated carbocycles. The molecule has 0 aliphatic rings. The van der Waals surface area contributed by atoms with Gasteiger partial charge >= 0.3 is 0 Å². The molecule has 0 saturated heterocycles. The van der Waals surface area contributed by atoms with Crippen molar-refractivity contribution in [1.82, 2.24) is 10.3 Å². The number of nitrogens with one attached hydrogen (secondary N) is 1.